The number of carbonyl (C=O) groups is 1. The Labute approximate surface area is 109 Å². The third-order valence-electron chi connectivity index (χ3n) is 3.44. The number of carbonyl (C=O) groups excluding carboxylic acids is 1. The van der Waals surface area contributed by atoms with Gasteiger partial charge in [-0.1, -0.05) is 19.9 Å². The fourth-order valence-electron chi connectivity index (χ4n) is 2.47. The minimum atomic E-state index is 0.0565. The average Bonchev–Trinajstić information content (AvgIpc) is 2.35. The van der Waals surface area contributed by atoms with Crippen molar-refractivity contribution >= 4 is 11.5 Å². The Balaban J connectivity index is 2.43. The molecular formula is C15H20N2O. The number of aryl methyl sites for hydroxylation is 2. The molecule has 96 valence electrons. The lowest BCUT2D eigenvalue weighted by Gasteiger charge is -2.26. The summed E-state index contributed by atoms with van der Waals surface area (Å²) < 4.78 is 0. The Kier molecular flexibility index (Phi) is 3.50. The van der Waals surface area contributed by atoms with Crippen LogP contribution in [0.25, 0.3) is 5.57 Å². The summed E-state index contributed by atoms with van der Waals surface area (Å²) in [6.45, 7) is 6.11. The van der Waals surface area contributed by atoms with Crippen LogP contribution in [0.5, 0.6) is 0 Å². The monoisotopic (exact) mass is 244 g/mol. The molecule has 3 nitrogen and oxygen atoms in total. The molecule has 0 bridgehead atoms. The number of pyridine rings is 1. The van der Waals surface area contributed by atoms with Crippen LogP contribution in [0.15, 0.2) is 18.3 Å². The molecule has 0 fully saturated rings. The molecule has 0 radical (unpaired) electrons. The van der Waals surface area contributed by atoms with E-state index in [2.05, 4.69) is 18.0 Å². The highest BCUT2D eigenvalue weighted by atomic mass is 16.2. The third-order valence-corrected chi connectivity index (χ3v) is 3.44. The van der Waals surface area contributed by atoms with Crippen LogP contribution in [0.4, 0.5) is 0 Å². The van der Waals surface area contributed by atoms with Gasteiger partial charge >= 0.3 is 0 Å². The van der Waals surface area contributed by atoms with Gasteiger partial charge in [0.1, 0.15) is 0 Å². The van der Waals surface area contributed by atoms with Crippen LogP contribution < -0.4 is 0 Å². The van der Waals surface area contributed by atoms with Crippen LogP contribution >= 0.6 is 0 Å². The fraction of sp³-hybridized carbons (Fsp3) is 0.467. The van der Waals surface area contributed by atoms with Crippen molar-refractivity contribution in [2.75, 3.05) is 7.05 Å². The lowest BCUT2D eigenvalue weighted by atomic mass is 9.91. The molecule has 2 heterocycles. The van der Waals surface area contributed by atoms with E-state index in [4.69, 9.17) is 0 Å². The minimum absolute atomic E-state index is 0.0565. The van der Waals surface area contributed by atoms with Gasteiger partial charge in [0.05, 0.1) is 0 Å². The zero-order chi connectivity index (χ0) is 13.3. The summed E-state index contributed by atoms with van der Waals surface area (Å²) >= 11 is 0. The molecule has 1 aromatic heterocycles. The molecule has 18 heavy (non-hydrogen) atoms. The van der Waals surface area contributed by atoms with Crippen LogP contribution in [0.2, 0.25) is 0 Å². The first-order chi connectivity index (χ1) is 8.52. The van der Waals surface area contributed by atoms with Gasteiger partial charge in [-0.15, -0.1) is 0 Å². The Morgan fingerprint density at radius 2 is 2.17 bits per heavy atom. The second kappa shape index (κ2) is 4.92. The molecular weight excluding hydrogens is 224 g/mol. The smallest absolute Gasteiger partial charge is 0.229 e. The van der Waals surface area contributed by atoms with E-state index in [1.54, 1.807) is 4.90 Å². The second-order valence-electron chi connectivity index (χ2n) is 5.01. The average molecular weight is 244 g/mol. The molecule has 0 N–H and O–H groups in total. The molecule has 0 aliphatic carbocycles. The Bertz CT molecular complexity index is 505. The predicted molar refractivity (Wildman–Crippen MR) is 72.9 cm³/mol. The molecule has 1 aliphatic rings. The maximum absolute atomic E-state index is 11.8. The van der Waals surface area contributed by atoms with Gasteiger partial charge in [0.25, 0.3) is 0 Å². The van der Waals surface area contributed by atoms with E-state index < -0.39 is 0 Å². The maximum Gasteiger partial charge on any atom is 0.229 e. The zero-order valence-electron chi connectivity index (χ0n) is 11.5. The lowest BCUT2D eigenvalue weighted by Crippen LogP contribution is -2.31. The van der Waals surface area contributed by atoms with E-state index in [1.807, 2.05) is 33.2 Å². The standard InChI is InChI=1S/C15H20N2O/c1-5-14-13(7-6-11(3)16-14)12-8-10(2)15(18)17(4)9-12/h6-7,9-10H,5,8H2,1-4H3. The normalized spacial score (nSPS) is 20.0. The third kappa shape index (κ3) is 2.30. The zero-order valence-corrected chi connectivity index (χ0v) is 11.5. The Morgan fingerprint density at radius 3 is 2.78 bits per heavy atom. The van der Waals surface area contributed by atoms with Gasteiger partial charge in [-0.3, -0.25) is 9.78 Å². The molecule has 1 aromatic rings. The topological polar surface area (TPSA) is 33.2 Å². The van der Waals surface area contributed by atoms with E-state index >= 15 is 0 Å². The van der Waals surface area contributed by atoms with Crippen molar-refractivity contribution in [1.82, 2.24) is 9.88 Å². The van der Waals surface area contributed by atoms with Gasteiger partial charge in [0, 0.05) is 36.1 Å². The van der Waals surface area contributed by atoms with Crippen molar-refractivity contribution in [3.63, 3.8) is 0 Å². The van der Waals surface area contributed by atoms with E-state index in [0.29, 0.717) is 0 Å². The predicted octanol–water partition coefficient (Wildman–Crippen LogP) is 2.79. The quantitative estimate of drug-likeness (QED) is 0.801. The number of nitrogens with zero attached hydrogens (tertiary/aromatic N) is 2. The van der Waals surface area contributed by atoms with Crippen molar-refractivity contribution in [3.05, 3.63) is 35.3 Å². The summed E-state index contributed by atoms with van der Waals surface area (Å²) in [6.07, 6.45) is 3.68. The van der Waals surface area contributed by atoms with Crippen molar-refractivity contribution in [3.8, 4) is 0 Å². The summed E-state index contributed by atoms with van der Waals surface area (Å²) in [4.78, 5) is 18.1. The van der Waals surface area contributed by atoms with Gasteiger partial charge in [0.2, 0.25) is 5.91 Å². The van der Waals surface area contributed by atoms with Crippen LogP contribution in [0.3, 0.4) is 0 Å². The molecule has 0 saturated carbocycles. The first-order valence-corrected chi connectivity index (χ1v) is 6.47. The maximum atomic E-state index is 11.8. The largest absolute Gasteiger partial charge is 0.322 e. The summed E-state index contributed by atoms with van der Waals surface area (Å²) in [5.41, 5.74) is 4.57. The highest BCUT2D eigenvalue weighted by Gasteiger charge is 2.24. The molecule has 1 atom stereocenters. The molecule has 1 aliphatic heterocycles. The molecule has 3 heteroatoms. The van der Waals surface area contributed by atoms with Gasteiger partial charge in [-0.25, -0.2) is 0 Å². The number of hydrogen-bond donors (Lipinski definition) is 0. The van der Waals surface area contributed by atoms with Gasteiger partial charge < -0.3 is 4.90 Å². The van der Waals surface area contributed by atoms with Crippen LogP contribution in [-0.2, 0) is 11.2 Å². The van der Waals surface area contributed by atoms with Gasteiger partial charge in [-0.2, -0.15) is 0 Å². The van der Waals surface area contributed by atoms with Gasteiger partial charge in [-0.05, 0) is 31.4 Å². The fourth-order valence-corrected chi connectivity index (χ4v) is 2.47. The first kappa shape index (κ1) is 12.8. The van der Waals surface area contributed by atoms with E-state index in [0.717, 1.165) is 24.2 Å². The van der Waals surface area contributed by atoms with Crippen molar-refractivity contribution in [2.45, 2.75) is 33.6 Å². The van der Waals surface area contributed by atoms with Crippen molar-refractivity contribution < 1.29 is 4.79 Å². The second-order valence-corrected chi connectivity index (χ2v) is 5.01. The molecule has 1 unspecified atom stereocenters. The van der Waals surface area contributed by atoms with Crippen LogP contribution in [-0.4, -0.2) is 22.8 Å². The molecule has 0 spiro atoms. The number of hydrogen-bond acceptors (Lipinski definition) is 2. The molecule has 0 aromatic carbocycles. The summed E-state index contributed by atoms with van der Waals surface area (Å²) in [5, 5.41) is 0. The van der Waals surface area contributed by atoms with E-state index in [1.165, 1.54) is 11.1 Å². The van der Waals surface area contributed by atoms with Crippen LogP contribution in [0, 0.1) is 12.8 Å². The first-order valence-electron chi connectivity index (χ1n) is 6.47. The summed E-state index contributed by atoms with van der Waals surface area (Å²) in [7, 11) is 1.82. The summed E-state index contributed by atoms with van der Waals surface area (Å²) in [6, 6.07) is 4.17. The van der Waals surface area contributed by atoms with Crippen LogP contribution in [0.1, 0.15) is 37.2 Å². The highest BCUT2D eigenvalue weighted by Crippen LogP contribution is 2.30. The number of rotatable bonds is 2. The number of amides is 1. The minimum Gasteiger partial charge on any atom is -0.322 e. The molecule has 0 saturated heterocycles. The van der Waals surface area contributed by atoms with E-state index in [-0.39, 0.29) is 11.8 Å². The highest BCUT2D eigenvalue weighted by molar-refractivity contribution is 5.86. The number of aromatic nitrogens is 1. The Hall–Kier alpha value is -1.64. The summed E-state index contributed by atoms with van der Waals surface area (Å²) in [5.74, 6) is 0.248. The molecule has 1 amide bonds. The lowest BCUT2D eigenvalue weighted by molar-refractivity contribution is -0.131. The molecule has 2 rings (SSSR count). The van der Waals surface area contributed by atoms with Crippen molar-refractivity contribution in [2.24, 2.45) is 5.92 Å². The SMILES string of the molecule is CCc1nc(C)ccc1C1=CN(C)C(=O)C(C)C1. The number of allylic oxidation sites excluding steroid dienone is 1. The van der Waals surface area contributed by atoms with E-state index in [9.17, 15) is 4.79 Å². The van der Waals surface area contributed by atoms with Crippen molar-refractivity contribution in [1.29, 1.82) is 0 Å². The Morgan fingerprint density at radius 1 is 1.44 bits per heavy atom. The van der Waals surface area contributed by atoms with Gasteiger partial charge in [0.15, 0.2) is 0 Å².